The van der Waals surface area contributed by atoms with Crippen molar-refractivity contribution in [1.82, 2.24) is 0 Å². The van der Waals surface area contributed by atoms with Crippen LogP contribution in [0.3, 0.4) is 0 Å². The summed E-state index contributed by atoms with van der Waals surface area (Å²) in [4.78, 5) is 0. The molecule has 0 spiro atoms. The van der Waals surface area contributed by atoms with Gasteiger partial charge in [0.05, 0.1) is 0 Å². The molecule has 3 aliphatic carbocycles. The topological polar surface area (TPSA) is 0 Å². The second-order valence-electron chi connectivity index (χ2n) is 5.96. The Hall–Kier alpha value is -0.520. The molecule has 0 N–H and O–H groups in total. The minimum absolute atomic E-state index is 0.512. The predicted molar refractivity (Wildman–Crippen MR) is 60.0 cm³/mol. The molecule has 0 amide bonds. The fourth-order valence-corrected chi connectivity index (χ4v) is 3.03. The van der Waals surface area contributed by atoms with E-state index in [1.807, 2.05) is 0 Å². The molecule has 0 radical (unpaired) electrons. The first-order chi connectivity index (χ1) is 6.67. The fraction of sp³-hybridized carbons (Fsp3) is 0.714. The molecule has 3 rings (SSSR count). The van der Waals surface area contributed by atoms with Crippen molar-refractivity contribution in [2.45, 2.75) is 46.0 Å². The quantitative estimate of drug-likeness (QED) is 0.581. The van der Waals surface area contributed by atoms with Crippen molar-refractivity contribution in [1.29, 1.82) is 0 Å². The molecule has 1 fully saturated rings. The Morgan fingerprint density at radius 2 is 2.00 bits per heavy atom. The van der Waals surface area contributed by atoms with Crippen LogP contribution in [0.4, 0.5) is 0 Å². The van der Waals surface area contributed by atoms with Crippen LogP contribution >= 0.6 is 0 Å². The molecule has 0 heterocycles. The van der Waals surface area contributed by atoms with Crippen LogP contribution in [0.1, 0.15) is 46.0 Å². The van der Waals surface area contributed by atoms with Gasteiger partial charge in [0.15, 0.2) is 0 Å². The molecule has 0 aromatic heterocycles. The molecule has 0 aromatic carbocycles. The summed E-state index contributed by atoms with van der Waals surface area (Å²) in [5.41, 5.74) is 3.96. The number of fused-ring (bicyclic) bond motifs is 1. The van der Waals surface area contributed by atoms with Crippen molar-refractivity contribution in [2.75, 3.05) is 0 Å². The van der Waals surface area contributed by atoms with Crippen LogP contribution in [0.15, 0.2) is 23.3 Å². The molecule has 1 unspecified atom stereocenters. The summed E-state index contributed by atoms with van der Waals surface area (Å²) in [5, 5.41) is 0. The summed E-state index contributed by atoms with van der Waals surface area (Å²) in [6.07, 6.45) is 12.2. The fourth-order valence-electron chi connectivity index (χ4n) is 3.03. The van der Waals surface area contributed by atoms with Crippen molar-refractivity contribution in [3.8, 4) is 0 Å². The minimum Gasteiger partial charge on any atom is -0.0736 e. The highest BCUT2D eigenvalue weighted by atomic mass is 14.4. The van der Waals surface area contributed by atoms with E-state index in [0.29, 0.717) is 5.41 Å². The molecular formula is C14H20. The number of hydrogen-bond acceptors (Lipinski definition) is 0. The summed E-state index contributed by atoms with van der Waals surface area (Å²) < 4.78 is 0. The maximum atomic E-state index is 2.59. The van der Waals surface area contributed by atoms with Crippen LogP contribution in [0, 0.1) is 17.3 Å². The van der Waals surface area contributed by atoms with E-state index in [9.17, 15) is 0 Å². The van der Waals surface area contributed by atoms with Gasteiger partial charge in [0, 0.05) is 5.92 Å². The predicted octanol–water partition coefficient (Wildman–Crippen LogP) is 4.09. The Morgan fingerprint density at radius 1 is 1.21 bits per heavy atom. The van der Waals surface area contributed by atoms with Gasteiger partial charge >= 0.3 is 0 Å². The van der Waals surface area contributed by atoms with Gasteiger partial charge < -0.3 is 0 Å². The van der Waals surface area contributed by atoms with Crippen molar-refractivity contribution in [3.05, 3.63) is 23.3 Å². The maximum Gasteiger partial charge on any atom is 0.000970 e. The first kappa shape index (κ1) is 8.76. The van der Waals surface area contributed by atoms with Gasteiger partial charge in [-0.05, 0) is 54.6 Å². The van der Waals surface area contributed by atoms with Crippen molar-refractivity contribution in [3.63, 3.8) is 0 Å². The Morgan fingerprint density at radius 3 is 2.71 bits per heavy atom. The molecule has 0 aromatic rings. The van der Waals surface area contributed by atoms with Gasteiger partial charge in [-0.3, -0.25) is 0 Å². The van der Waals surface area contributed by atoms with E-state index in [4.69, 9.17) is 0 Å². The number of hydrogen-bond donors (Lipinski definition) is 0. The largest absolute Gasteiger partial charge is 0.0736 e. The highest BCUT2D eigenvalue weighted by molar-refractivity contribution is 5.44. The van der Waals surface area contributed by atoms with Gasteiger partial charge in [0.2, 0.25) is 0 Å². The lowest BCUT2D eigenvalue weighted by Crippen LogP contribution is -2.19. The molecule has 0 aliphatic heterocycles. The molecule has 0 saturated heterocycles. The highest BCUT2D eigenvalue weighted by Gasteiger charge is 2.37. The number of rotatable bonds is 1. The van der Waals surface area contributed by atoms with Gasteiger partial charge in [-0.25, -0.2) is 0 Å². The third kappa shape index (κ3) is 1.27. The van der Waals surface area contributed by atoms with Crippen molar-refractivity contribution >= 4 is 0 Å². The van der Waals surface area contributed by atoms with E-state index < -0.39 is 0 Å². The van der Waals surface area contributed by atoms with E-state index in [0.717, 1.165) is 11.8 Å². The van der Waals surface area contributed by atoms with Gasteiger partial charge in [0.1, 0.15) is 0 Å². The summed E-state index contributed by atoms with van der Waals surface area (Å²) in [5.74, 6) is 1.70. The zero-order valence-electron chi connectivity index (χ0n) is 9.34. The molecular weight excluding hydrogens is 168 g/mol. The Balaban J connectivity index is 1.95. The van der Waals surface area contributed by atoms with E-state index in [1.54, 1.807) is 11.1 Å². The van der Waals surface area contributed by atoms with Crippen LogP contribution in [0.2, 0.25) is 0 Å². The summed E-state index contributed by atoms with van der Waals surface area (Å²) in [6, 6.07) is 0. The van der Waals surface area contributed by atoms with Crippen molar-refractivity contribution < 1.29 is 0 Å². The molecule has 14 heavy (non-hydrogen) atoms. The maximum absolute atomic E-state index is 2.59. The monoisotopic (exact) mass is 188 g/mol. The average Bonchev–Trinajstić information content (AvgIpc) is 2.87. The van der Waals surface area contributed by atoms with E-state index in [1.165, 1.54) is 32.1 Å². The summed E-state index contributed by atoms with van der Waals surface area (Å²) in [6.45, 7) is 4.87. The second kappa shape index (κ2) is 2.74. The van der Waals surface area contributed by atoms with Crippen molar-refractivity contribution in [2.24, 2.45) is 17.3 Å². The Kier molecular flexibility index (Phi) is 1.72. The standard InChI is InChI=1S/C14H20/c1-14(2)7-3-4-11-8-12(14)9-13(11)10-5-6-10/h8-10,12H,3-7H2,1-2H3. The van der Waals surface area contributed by atoms with Crippen LogP contribution in [-0.2, 0) is 0 Å². The minimum atomic E-state index is 0.512. The molecule has 0 heteroatoms. The molecule has 3 aliphatic rings. The first-order valence-electron chi connectivity index (χ1n) is 6.09. The summed E-state index contributed by atoms with van der Waals surface area (Å²) >= 11 is 0. The van der Waals surface area contributed by atoms with Gasteiger partial charge in [-0.15, -0.1) is 0 Å². The second-order valence-corrected chi connectivity index (χ2v) is 5.96. The van der Waals surface area contributed by atoms with Crippen LogP contribution in [0.25, 0.3) is 0 Å². The zero-order valence-corrected chi connectivity index (χ0v) is 9.34. The molecule has 2 bridgehead atoms. The van der Waals surface area contributed by atoms with E-state index in [2.05, 4.69) is 26.0 Å². The molecule has 76 valence electrons. The number of allylic oxidation sites excluding steroid dienone is 4. The molecule has 0 nitrogen and oxygen atoms in total. The normalized spacial score (nSPS) is 34.9. The highest BCUT2D eigenvalue weighted by Crippen LogP contribution is 2.51. The third-order valence-electron chi connectivity index (χ3n) is 4.30. The lowest BCUT2D eigenvalue weighted by atomic mass is 9.76. The van der Waals surface area contributed by atoms with E-state index in [-0.39, 0.29) is 0 Å². The van der Waals surface area contributed by atoms with Gasteiger partial charge in [-0.1, -0.05) is 26.0 Å². The van der Waals surface area contributed by atoms with Crippen LogP contribution in [-0.4, -0.2) is 0 Å². The Bertz CT molecular complexity index is 313. The third-order valence-corrected chi connectivity index (χ3v) is 4.30. The SMILES string of the molecule is CC1(C)CCCC2=CC1C=C2C1CC1. The van der Waals surface area contributed by atoms with Gasteiger partial charge in [0.25, 0.3) is 0 Å². The van der Waals surface area contributed by atoms with Crippen LogP contribution in [0.5, 0.6) is 0 Å². The zero-order chi connectivity index (χ0) is 9.76. The molecule has 1 atom stereocenters. The Labute approximate surface area is 87.1 Å². The summed E-state index contributed by atoms with van der Waals surface area (Å²) in [7, 11) is 0. The lowest BCUT2D eigenvalue weighted by molar-refractivity contribution is 0.277. The molecule has 1 saturated carbocycles. The average molecular weight is 188 g/mol. The van der Waals surface area contributed by atoms with Crippen LogP contribution < -0.4 is 0 Å². The lowest BCUT2D eigenvalue weighted by Gasteiger charge is -2.29. The van der Waals surface area contributed by atoms with Gasteiger partial charge in [-0.2, -0.15) is 0 Å². The smallest absolute Gasteiger partial charge is 0.000970 e. The van der Waals surface area contributed by atoms with E-state index >= 15 is 0 Å². The first-order valence-corrected chi connectivity index (χ1v) is 6.09.